The Hall–Kier alpha value is -3.95. The van der Waals surface area contributed by atoms with Gasteiger partial charge in [-0.2, -0.15) is 0 Å². The monoisotopic (exact) mass is 542 g/mol. The van der Waals surface area contributed by atoms with Gasteiger partial charge in [0.05, 0.1) is 21.6 Å². The van der Waals surface area contributed by atoms with E-state index in [2.05, 4.69) is 50.7 Å². The molecule has 0 atom stereocenters. The summed E-state index contributed by atoms with van der Waals surface area (Å²) in [5.41, 5.74) is 3.89. The molecular formula is C30H34N6O2S. The van der Waals surface area contributed by atoms with Crippen molar-refractivity contribution < 1.29 is 9.53 Å². The summed E-state index contributed by atoms with van der Waals surface area (Å²) in [6.45, 7) is 8.56. The smallest absolute Gasteiger partial charge is 0.261 e. The van der Waals surface area contributed by atoms with E-state index < -0.39 is 0 Å². The van der Waals surface area contributed by atoms with Gasteiger partial charge in [-0.15, -0.1) is 11.3 Å². The van der Waals surface area contributed by atoms with Crippen LogP contribution in [0.1, 0.15) is 29.1 Å². The van der Waals surface area contributed by atoms with Crippen molar-refractivity contribution in [2.75, 3.05) is 43.4 Å². The number of benzene rings is 2. The minimum atomic E-state index is -0.116. The van der Waals surface area contributed by atoms with E-state index in [4.69, 9.17) is 9.72 Å². The van der Waals surface area contributed by atoms with Gasteiger partial charge in [0.15, 0.2) is 0 Å². The molecule has 0 spiro atoms. The van der Waals surface area contributed by atoms with Crippen molar-refractivity contribution in [1.29, 1.82) is 0 Å². The third-order valence-electron chi connectivity index (χ3n) is 6.43. The Morgan fingerprint density at radius 3 is 2.67 bits per heavy atom. The zero-order valence-electron chi connectivity index (χ0n) is 22.6. The summed E-state index contributed by atoms with van der Waals surface area (Å²) in [6, 6.07) is 21.8. The van der Waals surface area contributed by atoms with Crippen LogP contribution in [-0.4, -0.2) is 60.1 Å². The molecule has 1 fully saturated rings. The molecule has 1 aliphatic heterocycles. The number of likely N-dealkylation sites (N-methyl/N-ethyl adjacent to an activating group) is 1. The maximum absolute atomic E-state index is 12.8. The van der Waals surface area contributed by atoms with Crippen LogP contribution in [0.2, 0.25) is 0 Å². The van der Waals surface area contributed by atoms with E-state index in [1.165, 1.54) is 17.0 Å². The number of hydrogen-bond donors (Lipinski definition) is 2. The van der Waals surface area contributed by atoms with Gasteiger partial charge in [-0.1, -0.05) is 18.2 Å². The van der Waals surface area contributed by atoms with Gasteiger partial charge in [-0.25, -0.2) is 9.97 Å². The van der Waals surface area contributed by atoms with Crippen LogP contribution in [0.4, 0.5) is 17.3 Å². The van der Waals surface area contributed by atoms with Crippen LogP contribution in [0.25, 0.3) is 10.6 Å². The van der Waals surface area contributed by atoms with Crippen LogP contribution >= 0.6 is 11.3 Å². The van der Waals surface area contributed by atoms with Crippen molar-refractivity contribution >= 4 is 34.6 Å². The molecule has 39 heavy (non-hydrogen) atoms. The highest BCUT2D eigenvalue weighted by Gasteiger charge is 2.15. The van der Waals surface area contributed by atoms with Crippen LogP contribution in [0.15, 0.2) is 72.9 Å². The Labute approximate surface area is 233 Å². The van der Waals surface area contributed by atoms with Crippen LogP contribution in [0.5, 0.6) is 5.75 Å². The van der Waals surface area contributed by atoms with Gasteiger partial charge in [0, 0.05) is 50.3 Å². The standard InChI is InChI=1S/C30H34N6O2S/c1-21(2)38-25-9-4-6-22(18-25)20-32-29(37)28-11-10-27(39-28)26-12-13-31-30(34-26)33-23-7-5-8-24(19-23)36-16-14-35(3)15-17-36/h4-13,18-19,21H,14-17,20H2,1-3H3,(H,32,37)(H,31,33,34). The molecule has 2 aromatic carbocycles. The number of carbonyl (C=O) groups excluding carboxylic acids is 1. The molecule has 2 N–H and O–H groups in total. The van der Waals surface area contributed by atoms with E-state index in [-0.39, 0.29) is 12.0 Å². The molecule has 0 radical (unpaired) electrons. The highest BCUT2D eigenvalue weighted by Crippen LogP contribution is 2.28. The fraction of sp³-hybridized carbons (Fsp3) is 0.300. The highest BCUT2D eigenvalue weighted by atomic mass is 32.1. The third kappa shape index (κ3) is 7.13. The van der Waals surface area contributed by atoms with Crippen molar-refractivity contribution in [2.24, 2.45) is 0 Å². The minimum absolute atomic E-state index is 0.101. The van der Waals surface area contributed by atoms with E-state index in [1.807, 2.05) is 62.4 Å². The first kappa shape index (κ1) is 26.6. The molecule has 9 heteroatoms. The molecule has 2 aromatic heterocycles. The number of nitrogens with zero attached hydrogens (tertiary/aromatic N) is 4. The first-order chi connectivity index (χ1) is 18.9. The van der Waals surface area contributed by atoms with Gasteiger partial charge in [0.1, 0.15) is 5.75 Å². The number of hydrogen-bond acceptors (Lipinski definition) is 8. The zero-order valence-corrected chi connectivity index (χ0v) is 23.4. The van der Waals surface area contributed by atoms with Crippen molar-refractivity contribution in [3.8, 4) is 16.3 Å². The lowest BCUT2D eigenvalue weighted by atomic mass is 10.2. The predicted octanol–water partition coefficient (Wildman–Crippen LogP) is 5.42. The Balaban J connectivity index is 1.22. The molecule has 202 valence electrons. The highest BCUT2D eigenvalue weighted by molar-refractivity contribution is 7.17. The summed E-state index contributed by atoms with van der Waals surface area (Å²) >= 11 is 1.41. The number of rotatable bonds is 9. The summed E-state index contributed by atoms with van der Waals surface area (Å²) in [5, 5.41) is 6.35. The minimum Gasteiger partial charge on any atom is -0.491 e. The fourth-order valence-electron chi connectivity index (χ4n) is 4.40. The first-order valence-electron chi connectivity index (χ1n) is 13.2. The van der Waals surface area contributed by atoms with Crippen molar-refractivity contribution in [1.82, 2.24) is 20.2 Å². The van der Waals surface area contributed by atoms with Gasteiger partial charge >= 0.3 is 0 Å². The second-order valence-electron chi connectivity index (χ2n) is 9.89. The Morgan fingerprint density at radius 1 is 1.03 bits per heavy atom. The summed E-state index contributed by atoms with van der Waals surface area (Å²) < 4.78 is 5.75. The van der Waals surface area contributed by atoms with Crippen molar-refractivity contribution in [2.45, 2.75) is 26.5 Å². The van der Waals surface area contributed by atoms with Gasteiger partial charge in [0.2, 0.25) is 5.95 Å². The van der Waals surface area contributed by atoms with E-state index in [0.717, 1.165) is 53.8 Å². The average Bonchev–Trinajstić information content (AvgIpc) is 3.43. The van der Waals surface area contributed by atoms with Crippen LogP contribution in [-0.2, 0) is 6.54 Å². The molecular weight excluding hydrogens is 508 g/mol. The molecule has 0 unspecified atom stereocenters. The zero-order chi connectivity index (χ0) is 27.2. The summed E-state index contributed by atoms with van der Waals surface area (Å²) in [5.74, 6) is 1.20. The van der Waals surface area contributed by atoms with Gasteiger partial charge in [-0.3, -0.25) is 4.79 Å². The Kier molecular flexibility index (Phi) is 8.39. The maximum atomic E-state index is 12.8. The van der Waals surface area contributed by atoms with E-state index >= 15 is 0 Å². The number of carbonyl (C=O) groups is 1. The Bertz CT molecular complexity index is 1410. The van der Waals surface area contributed by atoms with E-state index in [0.29, 0.717) is 17.4 Å². The van der Waals surface area contributed by atoms with Gasteiger partial charge in [-0.05, 0) is 75.0 Å². The lowest BCUT2D eigenvalue weighted by Crippen LogP contribution is -2.44. The SMILES string of the molecule is CC(C)Oc1cccc(CNC(=O)c2ccc(-c3ccnc(Nc4cccc(N5CCN(C)CC5)c4)n3)s2)c1. The molecule has 0 bridgehead atoms. The quantitative estimate of drug-likeness (QED) is 0.292. The molecule has 3 heterocycles. The fourth-order valence-corrected chi connectivity index (χ4v) is 5.29. The molecule has 5 rings (SSSR count). The average molecular weight is 543 g/mol. The van der Waals surface area contributed by atoms with Gasteiger partial charge in [0.25, 0.3) is 5.91 Å². The van der Waals surface area contributed by atoms with Crippen LogP contribution in [0, 0.1) is 0 Å². The lowest BCUT2D eigenvalue weighted by molar-refractivity contribution is 0.0955. The van der Waals surface area contributed by atoms with Crippen LogP contribution in [0.3, 0.4) is 0 Å². The van der Waals surface area contributed by atoms with Gasteiger partial charge < -0.3 is 25.2 Å². The Morgan fingerprint density at radius 2 is 1.85 bits per heavy atom. The maximum Gasteiger partial charge on any atom is 0.261 e. The number of thiophene rings is 1. The molecule has 8 nitrogen and oxygen atoms in total. The predicted molar refractivity (Wildman–Crippen MR) is 158 cm³/mol. The number of amides is 1. The normalized spacial score (nSPS) is 13.9. The number of ether oxygens (including phenoxy) is 1. The van der Waals surface area contributed by atoms with E-state index in [1.54, 1.807) is 6.20 Å². The third-order valence-corrected chi connectivity index (χ3v) is 7.54. The molecule has 1 amide bonds. The molecule has 4 aromatic rings. The van der Waals surface area contributed by atoms with Crippen molar-refractivity contribution in [3.05, 3.63) is 83.4 Å². The molecule has 1 saturated heterocycles. The molecule has 0 saturated carbocycles. The van der Waals surface area contributed by atoms with E-state index in [9.17, 15) is 4.79 Å². The second-order valence-corrected chi connectivity index (χ2v) is 11.0. The summed E-state index contributed by atoms with van der Waals surface area (Å²) in [7, 11) is 2.16. The number of aromatic nitrogens is 2. The van der Waals surface area contributed by atoms with Crippen molar-refractivity contribution in [3.63, 3.8) is 0 Å². The molecule has 1 aliphatic rings. The van der Waals surface area contributed by atoms with Crippen LogP contribution < -0.4 is 20.3 Å². The number of anilines is 3. The second kappa shape index (κ2) is 12.3. The summed E-state index contributed by atoms with van der Waals surface area (Å²) in [4.78, 5) is 28.2. The topological polar surface area (TPSA) is 82.6 Å². The number of piperazine rings is 1. The molecule has 0 aliphatic carbocycles. The first-order valence-corrected chi connectivity index (χ1v) is 14.0. The summed E-state index contributed by atoms with van der Waals surface area (Å²) in [6.07, 6.45) is 1.84. The largest absolute Gasteiger partial charge is 0.491 e. The number of nitrogens with one attached hydrogen (secondary N) is 2. The lowest BCUT2D eigenvalue weighted by Gasteiger charge is -2.34.